The Bertz CT molecular complexity index is 367. The summed E-state index contributed by atoms with van der Waals surface area (Å²) >= 11 is 0. The maximum Gasteiger partial charge on any atom is 0.0991 e. The highest BCUT2D eigenvalue weighted by Gasteiger charge is 2.11. The van der Waals surface area contributed by atoms with Crippen LogP contribution in [0.25, 0.3) is 0 Å². The number of nitriles is 1. The van der Waals surface area contributed by atoms with Crippen LogP contribution < -0.4 is 0 Å². The average Bonchev–Trinajstić information content (AvgIpc) is 2.37. The van der Waals surface area contributed by atoms with Crippen LogP contribution in [0.1, 0.15) is 25.0 Å². The highest BCUT2D eigenvalue weighted by atomic mass is 16.5. The molecule has 3 nitrogen and oxygen atoms in total. The van der Waals surface area contributed by atoms with Crippen LogP contribution >= 0.6 is 0 Å². The van der Waals surface area contributed by atoms with Crippen LogP contribution in [0.3, 0.4) is 0 Å². The summed E-state index contributed by atoms with van der Waals surface area (Å²) in [6.07, 6.45) is 0. The maximum atomic E-state index is 8.74. The van der Waals surface area contributed by atoms with Gasteiger partial charge in [-0.1, -0.05) is 19.1 Å². The van der Waals surface area contributed by atoms with Crippen molar-refractivity contribution >= 4 is 0 Å². The largest absolute Gasteiger partial charge is 0.383 e. The van der Waals surface area contributed by atoms with Gasteiger partial charge in [0.1, 0.15) is 0 Å². The third-order valence-corrected chi connectivity index (χ3v) is 2.91. The van der Waals surface area contributed by atoms with E-state index in [4.69, 9.17) is 10.00 Å². The number of likely N-dealkylation sites (N-methyl/N-ethyl adjacent to an activating group) is 1. The fraction of sp³-hybridized carbons (Fsp3) is 0.500. The first-order valence-electron chi connectivity index (χ1n) is 5.93. The van der Waals surface area contributed by atoms with Crippen molar-refractivity contribution in [1.29, 1.82) is 5.26 Å². The fourth-order valence-electron chi connectivity index (χ4n) is 1.85. The van der Waals surface area contributed by atoms with E-state index in [1.807, 2.05) is 24.3 Å². The van der Waals surface area contributed by atoms with Crippen molar-refractivity contribution in [2.24, 2.45) is 0 Å². The summed E-state index contributed by atoms with van der Waals surface area (Å²) in [6.45, 7) is 6.94. The molecule has 0 saturated carbocycles. The summed E-state index contributed by atoms with van der Waals surface area (Å²) < 4.78 is 5.18. The van der Waals surface area contributed by atoms with Crippen LogP contribution in [0, 0.1) is 11.3 Å². The van der Waals surface area contributed by atoms with Gasteiger partial charge in [-0.15, -0.1) is 0 Å². The Kier molecular flexibility index (Phi) is 5.68. The predicted molar refractivity (Wildman–Crippen MR) is 68.6 cm³/mol. The highest BCUT2D eigenvalue weighted by molar-refractivity contribution is 5.31. The number of hydrogen-bond donors (Lipinski definition) is 0. The van der Waals surface area contributed by atoms with Crippen molar-refractivity contribution in [2.45, 2.75) is 26.4 Å². The van der Waals surface area contributed by atoms with Gasteiger partial charge in [0.2, 0.25) is 0 Å². The van der Waals surface area contributed by atoms with Gasteiger partial charge in [0.25, 0.3) is 0 Å². The lowest BCUT2D eigenvalue weighted by atomic mass is 10.1. The minimum absolute atomic E-state index is 0.403. The zero-order chi connectivity index (χ0) is 12.7. The molecule has 0 saturated heterocycles. The summed E-state index contributed by atoms with van der Waals surface area (Å²) in [4.78, 5) is 2.35. The quantitative estimate of drug-likeness (QED) is 0.755. The molecule has 1 aromatic carbocycles. The van der Waals surface area contributed by atoms with Crippen LogP contribution in [0.5, 0.6) is 0 Å². The van der Waals surface area contributed by atoms with Gasteiger partial charge in [-0.2, -0.15) is 5.26 Å². The molecular formula is C14H20N2O. The van der Waals surface area contributed by atoms with Crippen LogP contribution in [0.2, 0.25) is 0 Å². The third kappa shape index (κ3) is 4.18. The average molecular weight is 232 g/mol. The van der Waals surface area contributed by atoms with E-state index in [1.165, 1.54) is 5.56 Å². The lowest BCUT2D eigenvalue weighted by molar-refractivity contribution is 0.0982. The van der Waals surface area contributed by atoms with E-state index in [1.54, 1.807) is 7.11 Å². The topological polar surface area (TPSA) is 36.3 Å². The first kappa shape index (κ1) is 13.7. The van der Waals surface area contributed by atoms with E-state index in [9.17, 15) is 0 Å². The molecule has 1 atom stereocenters. The van der Waals surface area contributed by atoms with Gasteiger partial charge in [0.15, 0.2) is 0 Å². The van der Waals surface area contributed by atoms with E-state index >= 15 is 0 Å². The smallest absolute Gasteiger partial charge is 0.0991 e. The number of hydrogen-bond acceptors (Lipinski definition) is 3. The summed E-state index contributed by atoms with van der Waals surface area (Å²) in [5, 5.41) is 8.74. The number of rotatable bonds is 6. The molecule has 92 valence electrons. The fourth-order valence-corrected chi connectivity index (χ4v) is 1.85. The monoisotopic (exact) mass is 232 g/mol. The minimum Gasteiger partial charge on any atom is -0.383 e. The molecule has 17 heavy (non-hydrogen) atoms. The third-order valence-electron chi connectivity index (χ3n) is 2.91. The second kappa shape index (κ2) is 7.05. The van der Waals surface area contributed by atoms with E-state index in [0.717, 1.165) is 19.7 Å². The van der Waals surface area contributed by atoms with E-state index in [2.05, 4.69) is 24.8 Å². The Hall–Kier alpha value is -1.37. The lowest BCUT2D eigenvalue weighted by Crippen LogP contribution is -2.35. The summed E-state index contributed by atoms with van der Waals surface area (Å²) in [7, 11) is 1.73. The lowest BCUT2D eigenvalue weighted by Gasteiger charge is -2.27. The highest BCUT2D eigenvalue weighted by Crippen LogP contribution is 2.09. The van der Waals surface area contributed by atoms with Crippen LogP contribution in [0.15, 0.2) is 24.3 Å². The Morgan fingerprint density at radius 3 is 2.47 bits per heavy atom. The number of nitrogens with zero attached hydrogens (tertiary/aromatic N) is 2. The molecule has 0 amide bonds. The second-order valence-electron chi connectivity index (χ2n) is 4.18. The molecule has 0 aliphatic rings. The van der Waals surface area contributed by atoms with Gasteiger partial charge in [0.05, 0.1) is 18.2 Å². The van der Waals surface area contributed by atoms with Crippen molar-refractivity contribution in [3.05, 3.63) is 35.4 Å². The number of ether oxygens (including phenoxy) is 1. The van der Waals surface area contributed by atoms with Crippen molar-refractivity contribution in [1.82, 2.24) is 4.90 Å². The molecule has 1 aromatic rings. The van der Waals surface area contributed by atoms with Crippen LogP contribution in [-0.4, -0.2) is 31.2 Å². The number of benzene rings is 1. The first-order chi connectivity index (χ1) is 8.21. The van der Waals surface area contributed by atoms with Crippen molar-refractivity contribution in [2.75, 3.05) is 20.3 Å². The van der Waals surface area contributed by atoms with Gasteiger partial charge in [-0.05, 0) is 31.2 Å². The summed E-state index contributed by atoms with van der Waals surface area (Å²) in [6, 6.07) is 10.3. The van der Waals surface area contributed by atoms with E-state index in [0.29, 0.717) is 11.6 Å². The van der Waals surface area contributed by atoms with Crippen molar-refractivity contribution < 1.29 is 4.74 Å². The molecule has 0 bridgehead atoms. The normalized spacial score (nSPS) is 12.4. The Morgan fingerprint density at radius 1 is 1.35 bits per heavy atom. The van der Waals surface area contributed by atoms with Gasteiger partial charge in [-0.25, -0.2) is 0 Å². The van der Waals surface area contributed by atoms with Gasteiger partial charge in [0, 0.05) is 19.7 Å². The standard InChI is InChI=1S/C14H20N2O/c1-4-16(12(2)11-17-3)10-14-7-5-13(9-15)6-8-14/h5-8,12H,4,10-11H2,1-3H3/t12-/m1/s1. The second-order valence-corrected chi connectivity index (χ2v) is 4.18. The van der Waals surface area contributed by atoms with Crippen LogP contribution in [-0.2, 0) is 11.3 Å². The molecule has 0 radical (unpaired) electrons. The van der Waals surface area contributed by atoms with E-state index in [-0.39, 0.29) is 0 Å². The minimum atomic E-state index is 0.403. The van der Waals surface area contributed by atoms with Gasteiger partial charge in [-0.3, -0.25) is 4.90 Å². The molecule has 0 fully saturated rings. The molecule has 1 rings (SSSR count). The molecule has 0 aliphatic heterocycles. The predicted octanol–water partition coefficient (Wildman–Crippen LogP) is 2.42. The van der Waals surface area contributed by atoms with E-state index < -0.39 is 0 Å². The maximum absolute atomic E-state index is 8.74. The zero-order valence-electron chi connectivity index (χ0n) is 10.8. The Morgan fingerprint density at radius 2 is 2.00 bits per heavy atom. The molecule has 0 spiro atoms. The summed E-state index contributed by atoms with van der Waals surface area (Å²) in [5.41, 5.74) is 1.94. The molecule has 0 unspecified atom stereocenters. The summed E-state index contributed by atoms with van der Waals surface area (Å²) in [5.74, 6) is 0. The Labute approximate surface area is 104 Å². The van der Waals surface area contributed by atoms with Gasteiger partial charge < -0.3 is 4.74 Å². The SMILES string of the molecule is CCN(Cc1ccc(C#N)cc1)[C@H](C)COC. The first-order valence-corrected chi connectivity index (χ1v) is 5.93. The molecule has 3 heteroatoms. The molecule has 0 aliphatic carbocycles. The van der Waals surface area contributed by atoms with Crippen molar-refractivity contribution in [3.63, 3.8) is 0 Å². The zero-order valence-corrected chi connectivity index (χ0v) is 10.8. The van der Waals surface area contributed by atoms with Crippen molar-refractivity contribution in [3.8, 4) is 6.07 Å². The molecular weight excluding hydrogens is 212 g/mol. The molecule has 0 aromatic heterocycles. The molecule has 0 heterocycles. The van der Waals surface area contributed by atoms with Gasteiger partial charge >= 0.3 is 0 Å². The Balaban J connectivity index is 2.64. The van der Waals surface area contributed by atoms with Crippen LogP contribution in [0.4, 0.5) is 0 Å². The molecule has 0 N–H and O–H groups in total. The number of methoxy groups -OCH3 is 1.